The molecule has 0 spiro atoms. The first-order valence-electron chi connectivity index (χ1n) is 7.00. The number of aryl methyl sites for hydroxylation is 1. The van der Waals surface area contributed by atoms with Crippen molar-refractivity contribution in [2.75, 3.05) is 6.61 Å². The summed E-state index contributed by atoms with van der Waals surface area (Å²) in [5.74, 6) is 2.60. The lowest BCUT2D eigenvalue weighted by Crippen LogP contribution is -2.41. The second kappa shape index (κ2) is 5.89. The van der Waals surface area contributed by atoms with Gasteiger partial charge < -0.3 is 14.5 Å². The Balaban J connectivity index is 1.89. The van der Waals surface area contributed by atoms with E-state index in [1.165, 1.54) is 0 Å². The van der Waals surface area contributed by atoms with Crippen molar-refractivity contribution in [3.63, 3.8) is 0 Å². The van der Waals surface area contributed by atoms with E-state index in [0.29, 0.717) is 18.1 Å². The minimum Gasteiger partial charge on any atom is -0.465 e. The molecule has 1 saturated heterocycles. The normalized spacial score (nSPS) is 26.5. The molecule has 0 aliphatic carbocycles. The van der Waals surface area contributed by atoms with Crippen LogP contribution in [0.25, 0.3) is 0 Å². The zero-order valence-electron chi connectivity index (χ0n) is 11.9. The van der Waals surface area contributed by atoms with E-state index in [-0.39, 0.29) is 6.04 Å². The van der Waals surface area contributed by atoms with Crippen LogP contribution in [0.3, 0.4) is 0 Å². The Morgan fingerprint density at radius 1 is 1.28 bits per heavy atom. The van der Waals surface area contributed by atoms with Gasteiger partial charge in [-0.05, 0) is 44.7 Å². The van der Waals surface area contributed by atoms with Crippen LogP contribution in [0.5, 0.6) is 0 Å². The summed E-state index contributed by atoms with van der Waals surface area (Å²) in [4.78, 5) is 0. The van der Waals surface area contributed by atoms with Gasteiger partial charge in [-0.3, -0.25) is 0 Å². The van der Waals surface area contributed by atoms with Crippen molar-refractivity contribution in [1.82, 2.24) is 5.32 Å². The van der Waals surface area contributed by atoms with Gasteiger partial charge >= 0.3 is 0 Å². The smallest absolute Gasteiger partial charge is 0.120 e. The Kier molecular flexibility index (Phi) is 4.46. The highest BCUT2D eigenvalue weighted by Gasteiger charge is 2.26. The van der Waals surface area contributed by atoms with E-state index in [1.807, 2.05) is 13.0 Å². The van der Waals surface area contributed by atoms with Crippen LogP contribution in [0.1, 0.15) is 51.2 Å². The van der Waals surface area contributed by atoms with Crippen LogP contribution in [-0.4, -0.2) is 18.8 Å². The fourth-order valence-corrected chi connectivity index (χ4v) is 2.57. The van der Waals surface area contributed by atoms with Gasteiger partial charge in [-0.2, -0.15) is 0 Å². The molecule has 2 rings (SSSR count). The summed E-state index contributed by atoms with van der Waals surface area (Å²) < 4.78 is 11.5. The first-order chi connectivity index (χ1) is 8.56. The van der Waals surface area contributed by atoms with Gasteiger partial charge in [0.15, 0.2) is 0 Å². The van der Waals surface area contributed by atoms with Crippen molar-refractivity contribution in [3.8, 4) is 0 Å². The summed E-state index contributed by atoms with van der Waals surface area (Å²) in [6.45, 7) is 9.47. The van der Waals surface area contributed by atoms with Crippen molar-refractivity contribution >= 4 is 0 Å². The van der Waals surface area contributed by atoms with Crippen molar-refractivity contribution in [2.24, 2.45) is 5.92 Å². The summed E-state index contributed by atoms with van der Waals surface area (Å²) in [6, 6.07) is 4.89. The number of ether oxygens (including phenoxy) is 1. The van der Waals surface area contributed by atoms with E-state index in [1.54, 1.807) is 0 Å². The van der Waals surface area contributed by atoms with Gasteiger partial charge in [-0.15, -0.1) is 0 Å². The average Bonchev–Trinajstić information content (AvgIpc) is 2.76. The van der Waals surface area contributed by atoms with Gasteiger partial charge in [0.1, 0.15) is 11.5 Å². The van der Waals surface area contributed by atoms with Gasteiger partial charge in [-0.1, -0.05) is 13.8 Å². The molecule has 3 atom stereocenters. The molecule has 102 valence electrons. The highest BCUT2D eigenvalue weighted by atomic mass is 16.5. The number of furan rings is 1. The minimum absolute atomic E-state index is 0.273. The molecule has 1 fully saturated rings. The van der Waals surface area contributed by atoms with Crippen LogP contribution < -0.4 is 5.32 Å². The third-order valence-electron chi connectivity index (χ3n) is 3.73. The lowest BCUT2D eigenvalue weighted by molar-refractivity contribution is -0.0260. The molecule has 0 bridgehead atoms. The van der Waals surface area contributed by atoms with E-state index >= 15 is 0 Å². The van der Waals surface area contributed by atoms with Crippen molar-refractivity contribution in [3.05, 3.63) is 23.7 Å². The maximum atomic E-state index is 5.80. The Morgan fingerprint density at radius 3 is 2.67 bits per heavy atom. The second-order valence-electron chi connectivity index (χ2n) is 5.71. The van der Waals surface area contributed by atoms with E-state index in [9.17, 15) is 0 Å². The molecule has 18 heavy (non-hydrogen) atoms. The molecule has 1 aliphatic heterocycles. The second-order valence-corrected chi connectivity index (χ2v) is 5.71. The van der Waals surface area contributed by atoms with Crippen LogP contribution in [0.2, 0.25) is 0 Å². The molecule has 3 unspecified atom stereocenters. The number of hydrogen-bond donors (Lipinski definition) is 1. The Labute approximate surface area is 110 Å². The Morgan fingerprint density at radius 2 is 2.06 bits per heavy atom. The van der Waals surface area contributed by atoms with E-state index in [0.717, 1.165) is 31.0 Å². The molecule has 1 aromatic heterocycles. The zero-order chi connectivity index (χ0) is 13.1. The molecule has 1 N–H and O–H groups in total. The maximum absolute atomic E-state index is 5.80. The molecule has 0 amide bonds. The number of rotatable bonds is 4. The molecule has 1 aromatic rings. The molecule has 1 aliphatic rings. The average molecular weight is 251 g/mol. The number of nitrogens with one attached hydrogen (secondary N) is 1. The highest BCUT2D eigenvalue weighted by molar-refractivity contribution is 5.09. The largest absolute Gasteiger partial charge is 0.465 e. The van der Waals surface area contributed by atoms with Crippen molar-refractivity contribution < 1.29 is 9.15 Å². The third-order valence-corrected chi connectivity index (χ3v) is 3.73. The zero-order valence-corrected chi connectivity index (χ0v) is 11.9. The molecule has 2 heterocycles. The molecule has 3 heteroatoms. The molecule has 0 saturated carbocycles. The third kappa shape index (κ3) is 3.36. The maximum Gasteiger partial charge on any atom is 0.120 e. The Bertz CT molecular complexity index is 372. The fourth-order valence-electron chi connectivity index (χ4n) is 2.57. The number of hydrogen-bond acceptors (Lipinski definition) is 3. The summed E-state index contributed by atoms with van der Waals surface area (Å²) in [7, 11) is 0. The van der Waals surface area contributed by atoms with Gasteiger partial charge in [0, 0.05) is 12.6 Å². The quantitative estimate of drug-likeness (QED) is 0.890. The van der Waals surface area contributed by atoms with E-state index in [4.69, 9.17) is 9.15 Å². The minimum atomic E-state index is 0.273. The lowest BCUT2D eigenvalue weighted by atomic mass is 9.95. The predicted octanol–water partition coefficient (Wildman–Crippen LogP) is 3.44. The lowest BCUT2D eigenvalue weighted by Gasteiger charge is -2.33. The Hall–Kier alpha value is -0.800. The first-order valence-corrected chi connectivity index (χ1v) is 7.00. The highest BCUT2D eigenvalue weighted by Crippen LogP contribution is 2.23. The summed E-state index contributed by atoms with van der Waals surface area (Å²) in [5.41, 5.74) is 0. The van der Waals surface area contributed by atoms with Crippen molar-refractivity contribution in [2.45, 2.75) is 58.7 Å². The summed E-state index contributed by atoms with van der Waals surface area (Å²) >= 11 is 0. The van der Waals surface area contributed by atoms with Gasteiger partial charge in [-0.25, -0.2) is 0 Å². The van der Waals surface area contributed by atoms with Crippen LogP contribution in [0, 0.1) is 12.8 Å². The fraction of sp³-hybridized carbons (Fsp3) is 0.733. The molecule has 0 aromatic carbocycles. The van der Waals surface area contributed by atoms with Crippen LogP contribution in [-0.2, 0) is 4.74 Å². The van der Waals surface area contributed by atoms with Gasteiger partial charge in [0.05, 0.1) is 12.1 Å². The van der Waals surface area contributed by atoms with Gasteiger partial charge in [0.25, 0.3) is 0 Å². The topological polar surface area (TPSA) is 34.4 Å². The van der Waals surface area contributed by atoms with Crippen molar-refractivity contribution in [1.29, 1.82) is 0 Å². The monoisotopic (exact) mass is 251 g/mol. The van der Waals surface area contributed by atoms with Crippen LogP contribution in [0.15, 0.2) is 16.5 Å². The van der Waals surface area contributed by atoms with Crippen LogP contribution in [0.4, 0.5) is 0 Å². The summed E-state index contributed by atoms with van der Waals surface area (Å²) in [5, 5.41) is 3.66. The van der Waals surface area contributed by atoms with Gasteiger partial charge in [0.2, 0.25) is 0 Å². The SMILES string of the molecule is Cc1ccc(C(C)NC2CCOC(C(C)C)C2)o1. The standard InChI is InChI=1S/C15H25NO2/c1-10(2)15-9-13(7-8-17-15)16-12(4)14-6-5-11(3)18-14/h5-6,10,12-13,15-16H,7-9H2,1-4H3. The summed E-state index contributed by atoms with van der Waals surface area (Å²) in [6.07, 6.45) is 2.58. The van der Waals surface area contributed by atoms with Crippen LogP contribution >= 0.6 is 0 Å². The van der Waals surface area contributed by atoms with E-state index < -0.39 is 0 Å². The predicted molar refractivity (Wildman–Crippen MR) is 72.6 cm³/mol. The molecular weight excluding hydrogens is 226 g/mol. The molecular formula is C15H25NO2. The van der Waals surface area contributed by atoms with E-state index in [2.05, 4.69) is 32.2 Å². The first kappa shape index (κ1) is 13.6. The molecule has 3 nitrogen and oxygen atoms in total. The molecule has 0 radical (unpaired) electrons.